The maximum Gasteiger partial charge on any atom is 0.248 e. The summed E-state index contributed by atoms with van der Waals surface area (Å²) in [5.41, 5.74) is 6.68. The normalized spacial score (nSPS) is 23.8. The number of nitriles is 1. The van der Waals surface area contributed by atoms with Crippen molar-refractivity contribution in [2.45, 2.75) is 11.2 Å². The van der Waals surface area contributed by atoms with Gasteiger partial charge in [0.1, 0.15) is 11.0 Å². The van der Waals surface area contributed by atoms with Crippen molar-refractivity contribution in [3.05, 3.63) is 53.0 Å². The molecule has 1 aromatic heterocycles. The summed E-state index contributed by atoms with van der Waals surface area (Å²) in [6.45, 7) is 0. The van der Waals surface area contributed by atoms with Crippen LogP contribution >= 0.6 is 11.8 Å². The number of ether oxygens (including phenoxy) is 2. The molecule has 4 rings (SSSR count). The standard InChI is InChI=1S/C20H17N3O5S/c1-26-12-6-5-10(8-14(12)27-2)23-19(24)16-15(13-4-3-7-28-13)11(9-21)18(22)29-17(16)20(23)25/h3-8,15-17H,22H2,1-2H3/t15-,16-,17-/m1/s1. The second-order valence-electron chi connectivity index (χ2n) is 6.50. The van der Waals surface area contributed by atoms with Crippen LogP contribution in [-0.4, -0.2) is 31.3 Å². The zero-order chi connectivity index (χ0) is 20.7. The van der Waals surface area contributed by atoms with E-state index in [9.17, 15) is 14.9 Å². The third-order valence-electron chi connectivity index (χ3n) is 5.08. The Morgan fingerprint density at radius 1 is 1.17 bits per heavy atom. The molecule has 0 radical (unpaired) electrons. The van der Waals surface area contributed by atoms with Crippen molar-refractivity contribution in [2.24, 2.45) is 11.7 Å². The van der Waals surface area contributed by atoms with Crippen molar-refractivity contribution in [3.8, 4) is 17.6 Å². The molecule has 2 aromatic rings. The molecule has 8 nitrogen and oxygen atoms in total. The molecule has 148 valence electrons. The average Bonchev–Trinajstić information content (AvgIpc) is 3.34. The minimum atomic E-state index is -0.798. The highest BCUT2D eigenvalue weighted by Gasteiger charge is 2.56. The molecule has 1 saturated heterocycles. The van der Waals surface area contributed by atoms with Crippen LogP contribution in [0.2, 0.25) is 0 Å². The molecule has 1 fully saturated rings. The fraction of sp³-hybridized carbons (Fsp3) is 0.250. The molecule has 0 aliphatic carbocycles. The number of nitrogens with two attached hydrogens (primary N) is 1. The van der Waals surface area contributed by atoms with E-state index in [0.717, 1.165) is 16.7 Å². The fourth-order valence-electron chi connectivity index (χ4n) is 3.77. The number of amides is 2. The zero-order valence-corrected chi connectivity index (χ0v) is 16.4. The summed E-state index contributed by atoms with van der Waals surface area (Å²) in [6.07, 6.45) is 1.46. The molecule has 2 amide bonds. The van der Waals surface area contributed by atoms with E-state index >= 15 is 0 Å². The number of thioether (sulfide) groups is 1. The first-order valence-electron chi connectivity index (χ1n) is 8.71. The van der Waals surface area contributed by atoms with Crippen molar-refractivity contribution in [3.63, 3.8) is 0 Å². The summed E-state index contributed by atoms with van der Waals surface area (Å²) in [5, 5.41) is 9.11. The van der Waals surface area contributed by atoms with Gasteiger partial charge in [0.05, 0.1) is 54.7 Å². The summed E-state index contributed by atoms with van der Waals surface area (Å²) < 4.78 is 16.0. The van der Waals surface area contributed by atoms with E-state index in [4.69, 9.17) is 19.6 Å². The van der Waals surface area contributed by atoms with E-state index in [0.29, 0.717) is 22.9 Å². The maximum atomic E-state index is 13.4. The molecule has 3 atom stereocenters. The minimum absolute atomic E-state index is 0.227. The van der Waals surface area contributed by atoms with E-state index in [1.54, 1.807) is 30.3 Å². The number of anilines is 1. The van der Waals surface area contributed by atoms with Gasteiger partial charge in [-0.15, -0.1) is 0 Å². The molecule has 9 heteroatoms. The zero-order valence-electron chi connectivity index (χ0n) is 15.6. The number of allylic oxidation sites excluding steroid dienone is 1. The Morgan fingerprint density at radius 3 is 2.55 bits per heavy atom. The van der Waals surface area contributed by atoms with E-state index in [2.05, 4.69) is 6.07 Å². The molecule has 1 aromatic carbocycles. The van der Waals surface area contributed by atoms with Crippen LogP contribution in [0, 0.1) is 17.2 Å². The molecule has 2 aliphatic heterocycles. The fourth-order valence-corrected chi connectivity index (χ4v) is 4.97. The van der Waals surface area contributed by atoms with Crippen LogP contribution in [0.25, 0.3) is 0 Å². The molecular formula is C20H17N3O5S. The van der Waals surface area contributed by atoms with Gasteiger partial charge in [0.2, 0.25) is 11.8 Å². The van der Waals surface area contributed by atoms with Crippen LogP contribution in [0.5, 0.6) is 11.5 Å². The van der Waals surface area contributed by atoms with Gasteiger partial charge in [-0.25, -0.2) is 4.90 Å². The van der Waals surface area contributed by atoms with Gasteiger partial charge in [-0.05, 0) is 24.3 Å². The lowest BCUT2D eigenvalue weighted by Gasteiger charge is -2.28. The lowest BCUT2D eigenvalue weighted by Crippen LogP contribution is -2.33. The highest BCUT2D eigenvalue weighted by atomic mass is 32.2. The quantitative estimate of drug-likeness (QED) is 0.762. The predicted molar refractivity (Wildman–Crippen MR) is 105 cm³/mol. The van der Waals surface area contributed by atoms with Crippen LogP contribution in [0.1, 0.15) is 11.7 Å². The Bertz CT molecular complexity index is 1060. The van der Waals surface area contributed by atoms with Gasteiger partial charge in [-0.3, -0.25) is 9.59 Å². The van der Waals surface area contributed by atoms with Gasteiger partial charge in [-0.1, -0.05) is 11.8 Å². The monoisotopic (exact) mass is 411 g/mol. The largest absolute Gasteiger partial charge is 0.493 e. The van der Waals surface area contributed by atoms with Gasteiger partial charge < -0.3 is 19.6 Å². The summed E-state index contributed by atoms with van der Waals surface area (Å²) in [5.74, 6) is -1.03. The minimum Gasteiger partial charge on any atom is -0.493 e. The number of benzene rings is 1. The van der Waals surface area contributed by atoms with Crippen molar-refractivity contribution in [1.82, 2.24) is 0 Å². The number of methoxy groups -OCH3 is 2. The third kappa shape index (κ3) is 2.84. The number of fused-ring (bicyclic) bond motifs is 1. The van der Waals surface area contributed by atoms with E-state index in [-0.39, 0.29) is 10.6 Å². The van der Waals surface area contributed by atoms with Crippen molar-refractivity contribution in [1.29, 1.82) is 5.26 Å². The second-order valence-corrected chi connectivity index (χ2v) is 7.68. The molecule has 2 aliphatic rings. The Labute approximate surface area is 170 Å². The van der Waals surface area contributed by atoms with Crippen LogP contribution in [0.3, 0.4) is 0 Å². The SMILES string of the molecule is COc1ccc(N2C(=O)[C@@H]3[C@@H](c4ccco4)C(C#N)=C(N)S[C@H]3C2=O)cc1OC. The smallest absolute Gasteiger partial charge is 0.248 e. The number of hydrogen-bond acceptors (Lipinski definition) is 8. The number of rotatable bonds is 4. The number of hydrogen-bond donors (Lipinski definition) is 1. The number of carbonyl (C=O) groups is 2. The lowest BCUT2D eigenvalue weighted by molar-refractivity contribution is -0.122. The van der Waals surface area contributed by atoms with Crippen LogP contribution in [0.4, 0.5) is 5.69 Å². The van der Waals surface area contributed by atoms with Crippen LogP contribution < -0.4 is 20.1 Å². The molecule has 0 bridgehead atoms. The molecule has 0 saturated carbocycles. The summed E-state index contributed by atoms with van der Waals surface area (Å²) in [7, 11) is 2.97. The Balaban J connectivity index is 1.80. The number of carbonyl (C=O) groups excluding carboxylic acids is 2. The van der Waals surface area contributed by atoms with Crippen LogP contribution in [-0.2, 0) is 9.59 Å². The number of imide groups is 1. The molecular weight excluding hydrogens is 394 g/mol. The van der Waals surface area contributed by atoms with E-state index < -0.39 is 28.9 Å². The topological polar surface area (TPSA) is 119 Å². The van der Waals surface area contributed by atoms with Gasteiger partial charge >= 0.3 is 0 Å². The number of furan rings is 1. The summed E-state index contributed by atoms with van der Waals surface area (Å²) in [6, 6.07) is 10.2. The first kappa shape index (κ1) is 19.0. The molecule has 0 spiro atoms. The summed E-state index contributed by atoms with van der Waals surface area (Å²) >= 11 is 1.04. The highest BCUT2D eigenvalue weighted by molar-refractivity contribution is 8.04. The highest BCUT2D eigenvalue weighted by Crippen LogP contribution is 2.51. The Morgan fingerprint density at radius 2 is 1.93 bits per heavy atom. The lowest BCUT2D eigenvalue weighted by atomic mass is 9.82. The van der Waals surface area contributed by atoms with Crippen molar-refractivity contribution in [2.75, 3.05) is 19.1 Å². The Kier molecular flexibility index (Phi) is 4.72. The molecule has 0 unspecified atom stereocenters. The number of nitrogens with zero attached hydrogens (tertiary/aromatic N) is 2. The van der Waals surface area contributed by atoms with Gasteiger partial charge in [0.25, 0.3) is 0 Å². The van der Waals surface area contributed by atoms with Crippen molar-refractivity contribution >= 4 is 29.3 Å². The van der Waals surface area contributed by atoms with Gasteiger partial charge in [0.15, 0.2) is 11.5 Å². The molecule has 3 heterocycles. The van der Waals surface area contributed by atoms with Gasteiger partial charge in [-0.2, -0.15) is 5.26 Å². The second kappa shape index (κ2) is 7.22. The maximum absolute atomic E-state index is 13.4. The average molecular weight is 411 g/mol. The van der Waals surface area contributed by atoms with Crippen molar-refractivity contribution < 1.29 is 23.5 Å². The van der Waals surface area contributed by atoms with Crippen LogP contribution in [0.15, 0.2) is 51.6 Å². The molecule has 29 heavy (non-hydrogen) atoms. The van der Waals surface area contributed by atoms with E-state index in [1.165, 1.54) is 20.5 Å². The predicted octanol–water partition coefficient (Wildman–Crippen LogP) is 2.38. The first-order chi connectivity index (χ1) is 14.0. The molecule has 2 N–H and O–H groups in total. The summed E-state index contributed by atoms with van der Waals surface area (Å²) in [4.78, 5) is 27.7. The Hall–Kier alpha value is -3.38. The van der Waals surface area contributed by atoms with E-state index in [1.807, 2.05) is 0 Å². The first-order valence-corrected chi connectivity index (χ1v) is 9.59. The third-order valence-corrected chi connectivity index (χ3v) is 6.30. The van der Waals surface area contributed by atoms with Gasteiger partial charge in [0, 0.05) is 6.07 Å².